The minimum atomic E-state index is -5.13. The molecule has 0 N–H and O–H groups in total. The summed E-state index contributed by atoms with van der Waals surface area (Å²) in [6.45, 7) is 5.48. The lowest BCUT2D eigenvalue weighted by atomic mass is 9.94. The Balaban J connectivity index is 2.40. The summed E-state index contributed by atoms with van der Waals surface area (Å²) in [5.41, 5.74) is -4.10. The number of ether oxygens (including phenoxy) is 4. The van der Waals surface area contributed by atoms with Crippen molar-refractivity contribution in [3.05, 3.63) is 52.6 Å². The first-order valence-corrected chi connectivity index (χ1v) is 12.8. The number of hydrogen-bond acceptors (Lipinski definition) is 6. The quantitative estimate of drug-likeness (QED) is 0.265. The van der Waals surface area contributed by atoms with Crippen molar-refractivity contribution in [3.63, 3.8) is 0 Å². The van der Waals surface area contributed by atoms with E-state index in [2.05, 4.69) is 0 Å². The molecule has 42 heavy (non-hydrogen) atoms. The molecule has 3 rings (SSSR count). The Morgan fingerprint density at radius 2 is 1.40 bits per heavy atom. The van der Waals surface area contributed by atoms with Crippen LogP contribution in [0.4, 0.5) is 41.6 Å². The van der Waals surface area contributed by atoms with Gasteiger partial charge >= 0.3 is 24.5 Å². The van der Waals surface area contributed by atoms with Crippen molar-refractivity contribution in [2.45, 2.75) is 71.1 Å². The van der Waals surface area contributed by atoms with E-state index in [1.165, 1.54) is 20.3 Å². The van der Waals surface area contributed by atoms with Crippen LogP contribution in [-0.2, 0) is 34.8 Å². The van der Waals surface area contributed by atoms with Gasteiger partial charge < -0.3 is 18.9 Å². The molecule has 0 spiro atoms. The number of nitrogens with zero attached hydrogens (tertiary/aromatic N) is 2. The van der Waals surface area contributed by atoms with E-state index in [-0.39, 0.29) is 23.9 Å². The molecule has 2 aromatic rings. The highest BCUT2D eigenvalue weighted by Gasteiger charge is 2.59. The van der Waals surface area contributed by atoms with E-state index in [1.807, 2.05) is 0 Å². The van der Waals surface area contributed by atoms with Gasteiger partial charge in [0.25, 0.3) is 0 Å². The number of hydrogen-bond donors (Lipinski definition) is 0. The number of rotatable bonds is 4. The zero-order chi connectivity index (χ0) is 31.8. The Morgan fingerprint density at radius 1 is 0.881 bits per heavy atom. The van der Waals surface area contributed by atoms with Crippen LogP contribution in [0.25, 0.3) is 0 Å². The molecule has 0 fully saturated rings. The van der Waals surface area contributed by atoms with Gasteiger partial charge in [-0.3, -0.25) is 0 Å². The maximum absolute atomic E-state index is 14.2. The molecule has 0 saturated carbocycles. The van der Waals surface area contributed by atoms with Crippen LogP contribution in [-0.4, -0.2) is 50.2 Å². The smallest absolute Gasteiger partial charge is 0.493 e. The molecular formula is C28H33F6N2O6+. The second-order valence-corrected chi connectivity index (χ2v) is 10.8. The predicted molar refractivity (Wildman–Crippen MR) is 140 cm³/mol. The molecular weight excluding hydrogens is 574 g/mol. The summed E-state index contributed by atoms with van der Waals surface area (Å²) in [4.78, 5) is 27.7. The maximum atomic E-state index is 14.2. The van der Waals surface area contributed by atoms with Gasteiger partial charge in [-0.05, 0) is 63.9 Å². The van der Waals surface area contributed by atoms with E-state index in [0.717, 1.165) is 12.1 Å². The third-order valence-electron chi connectivity index (χ3n) is 6.84. The fourth-order valence-electron chi connectivity index (χ4n) is 4.99. The van der Waals surface area contributed by atoms with Crippen molar-refractivity contribution >= 4 is 17.9 Å². The summed E-state index contributed by atoms with van der Waals surface area (Å²) in [5, 5.41) is 0.776. The number of fused-ring (bicyclic) bond motifs is 1. The van der Waals surface area contributed by atoms with Crippen molar-refractivity contribution in [1.82, 2.24) is 9.60 Å². The molecule has 0 radical (unpaired) electrons. The molecule has 14 heteroatoms. The number of alkyl halides is 6. The molecule has 2 aromatic carbocycles. The zero-order valence-electron chi connectivity index (χ0n) is 24.2. The maximum Gasteiger partial charge on any atom is 0.547 e. The molecule has 1 aliphatic heterocycles. The number of benzene rings is 2. The van der Waals surface area contributed by atoms with Gasteiger partial charge in [-0.2, -0.15) is 31.1 Å². The second kappa shape index (κ2) is 11.5. The molecule has 0 aromatic heterocycles. The average Bonchev–Trinajstić information content (AvgIpc) is 2.88. The van der Waals surface area contributed by atoms with Gasteiger partial charge in [0.2, 0.25) is 0 Å². The van der Waals surface area contributed by atoms with E-state index in [4.69, 9.17) is 18.9 Å². The lowest BCUT2D eigenvalue weighted by molar-refractivity contribution is -0.143. The lowest BCUT2D eigenvalue weighted by Crippen LogP contribution is -2.72. The molecule has 2 unspecified atom stereocenters. The van der Waals surface area contributed by atoms with E-state index in [1.54, 1.807) is 33.8 Å². The molecule has 1 heterocycles. The van der Waals surface area contributed by atoms with E-state index in [9.17, 15) is 35.9 Å². The SMILES string of the molecule is COC(=O)N(Cc1cc(C(F)(F)F)cc(C(F)(F)F)c1)[N+]1(C(=O)OC(C)(C)C)c2cc(OC)c(OC)cc2CCC1C. The molecule has 0 saturated heterocycles. The van der Waals surface area contributed by atoms with Gasteiger partial charge in [0.15, 0.2) is 17.2 Å². The average molecular weight is 608 g/mol. The Labute approximate surface area is 239 Å². The molecule has 232 valence electrons. The van der Waals surface area contributed by atoms with E-state index < -0.39 is 64.0 Å². The molecule has 8 nitrogen and oxygen atoms in total. The normalized spacial score (nSPS) is 19.0. The van der Waals surface area contributed by atoms with Gasteiger partial charge in [-0.1, -0.05) is 4.59 Å². The molecule has 0 bridgehead atoms. The number of aryl methyl sites for hydroxylation is 1. The summed E-state index contributed by atoms with van der Waals surface area (Å²) in [6.07, 6.45) is -11.8. The largest absolute Gasteiger partial charge is 0.547 e. The van der Waals surface area contributed by atoms with Gasteiger partial charge in [-0.25, -0.2) is 4.79 Å². The van der Waals surface area contributed by atoms with Crippen LogP contribution in [0.1, 0.15) is 56.4 Å². The second-order valence-electron chi connectivity index (χ2n) is 10.8. The Bertz CT molecular complexity index is 1310. The minimum Gasteiger partial charge on any atom is -0.493 e. The van der Waals surface area contributed by atoms with E-state index >= 15 is 0 Å². The Hall–Kier alpha value is -3.68. The van der Waals surface area contributed by atoms with Crippen LogP contribution < -0.4 is 14.1 Å². The predicted octanol–water partition coefficient (Wildman–Crippen LogP) is 7.50. The van der Waals surface area contributed by atoms with Crippen LogP contribution in [0, 0.1) is 0 Å². The minimum absolute atomic E-state index is 0.0137. The first kappa shape index (κ1) is 32.8. The summed E-state index contributed by atoms with van der Waals surface area (Å²) < 4.78 is 103. The van der Waals surface area contributed by atoms with Crippen LogP contribution >= 0.6 is 0 Å². The molecule has 2 atom stereocenters. The van der Waals surface area contributed by atoms with E-state index in [0.29, 0.717) is 29.9 Å². The summed E-state index contributed by atoms with van der Waals surface area (Å²) >= 11 is 0. The van der Waals surface area contributed by atoms with Crippen LogP contribution in [0.5, 0.6) is 11.5 Å². The van der Waals surface area contributed by atoms with Gasteiger partial charge in [0.1, 0.15) is 18.2 Å². The molecule has 1 aliphatic rings. The lowest BCUT2D eigenvalue weighted by Gasteiger charge is -2.47. The third kappa shape index (κ3) is 6.37. The van der Waals surface area contributed by atoms with Crippen LogP contribution in [0.3, 0.4) is 0 Å². The third-order valence-corrected chi connectivity index (χ3v) is 6.84. The van der Waals surface area contributed by atoms with Crippen molar-refractivity contribution in [1.29, 1.82) is 0 Å². The first-order chi connectivity index (χ1) is 19.3. The molecule has 2 amide bonds. The van der Waals surface area contributed by atoms with Crippen LogP contribution in [0.2, 0.25) is 0 Å². The van der Waals surface area contributed by atoms with Crippen molar-refractivity contribution < 1.29 is 54.9 Å². The number of carbonyl (C=O) groups is 2. The topological polar surface area (TPSA) is 74.3 Å². The number of quaternary nitrogens is 1. The van der Waals surface area contributed by atoms with Gasteiger partial charge in [0, 0.05) is 18.1 Å². The Kier molecular flexibility index (Phi) is 9.02. The fourth-order valence-corrected chi connectivity index (χ4v) is 4.99. The van der Waals surface area contributed by atoms with Gasteiger partial charge in [0.05, 0.1) is 32.5 Å². The zero-order valence-corrected chi connectivity index (χ0v) is 24.2. The number of methoxy groups -OCH3 is 3. The fraction of sp³-hybridized carbons (Fsp3) is 0.500. The Morgan fingerprint density at radius 3 is 1.86 bits per heavy atom. The number of amides is 2. The van der Waals surface area contributed by atoms with Crippen LogP contribution in [0.15, 0.2) is 30.3 Å². The van der Waals surface area contributed by atoms with Crippen molar-refractivity contribution in [2.75, 3.05) is 21.3 Å². The van der Waals surface area contributed by atoms with Gasteiger partial charge in [-0.15, -0.1) is 5.01 Å². The number of carbonyl (C=O) groups excluding carboxylic acids is 2. The highest BCUT2D eigenvalue weighted by molar-refractivity contribution is 5.89. The monoisotopic (exact) mass is 607 g/mol. The summed E-state index contributed by atoms with van der Waals surface area (Å²) in [5.74, 6) is 0.477. The standard InChI is InChI=1S/C28H33F6N2O6/c1-16-8-9-18-12-22(39-5)23(40-6)14-21(18)36(16,25(38)42-26(2,3)4)35(24(37)41-7)15-17-10-19(27(29,30)31)13-20(11-17)28(32,33)34/h10-14,16H,8-9,15H2,1-7H3/q+1. The molecule has 0 aliphatic carbocycles. The summed E-state index contributed by atoms with van der Waals surface area (Å²) in [6, 6.07) is 3.23. The highest BCUT2D eigenvalue weighted by Crippen LogP contribution is 2.47. The van der Waals surface area contributed by atoms with Crippen molar-refractivity contribution in [2.24, 2.45) is 0 Å². The first-order valence-electron chi connectivity index (χ1n) is 12.8. The summed E-state index contributed by atoms with van der Waals surface area (Å²) in [7, 11) is 3.73. The number of halogens is 6. The van der Waals surface area contributed by atoms with Crippen molar-refractivity contribution in [3.8, 4) is 11.5 Å². The highest BCUT2D eigenvalue weighted by atomic mass is 19.4.